The van der Waals surface area contributed by atoms with E-state index < -0.39 is 48.5 Å². The molecule has 3 unspecified atom stereocenters. The maximum Gasteiger partial charge on any atom is 0.305 e. The molecule has 0 aromatic rings. The molecule has 1 heterocycles. The third kappa shape index (κ3) is 4.69. The van der Waals surface area contributed by atoms with Gasteiger partial charge in [-0.05, 0) is 0 Å². The molecular weight excluding hydrogens is 300 g/mol. The van der Waals surface area contributed by atoms with Gasteiger partial charge in [-0.15, -0.1) is 0 Å². The maximum absolute atomic E-state index is 11.3. The van der Waals surface area contributed by atoms with Crippen LogP contribution in [0, 0.1) is 0 Å². The largest absolute Gasteiger partial charge is 0.459 e. The third-order valence-electron chi connectivity index (χ3n) is 2.67. The van der Waals surface area contributed by atoms with Crippen LogP contribution in [0.1, 0.15) is 27.7 Å². The molecule has 22 heavy (non-hydrogen) atoms. The molecule has 124 valence electrons. The summed E-state index contributed by atoms with van der Waals surface area (Å²) in [5, 5.41) is 0. The second-order valence-electron chi connectivity index (χ2n) is 4.67. The first-order valence-electron chi connectivity index (χ1n) is 6.47. The van der Waals surface area contributed by atoms with E-state index in [2.05, 4.69) is 0 Å². The van der Waals surface area contributed by atoms with Gasteiger partial charge in [-0.1, -0.05) is 0 Å². The highest BCUT2D eigenvalue weighted by Gasteiger charge is 2.58. The highest BCUT2D eigenvalue weighted by Crippen LogP contribution is 2.33. The van der Waals surface area contributed by atoms with Gasteiger partial charge in [0.05, 0.1) is 6.61 Å². The first-order chi connectivity index (χ1) is 10.2. The fourth-order valence-electron chi connectivity index (χ4n) is 2.02. The Balaban J connectivity index is 3.07. The van der Waals surface area contributed by atoms with Crippen LogP contribution in [0.5, 0.6) is 0 Å². The molecule has 0 N–H and O–H groups in total. The summed E-state index contributed by atoms with van der Waals surface area (Å²) >= 11 is 0. The van der Waals surface area contributed by atoms with Gasteiger partial charge < -0.3 is 23.7 Å². The Morgan fingerprint density at radius 3 is 2.00 bits per heavy atom. The van der Waals surface area contributed by atoms with Crippen LogP contribution in [0.25, 0.3) is 0 Å². The summed E-state index contributed by atoms with van der Waals surface area (Å²) in [4.78, 5) is 44.7. The van der Waals surface area contributed by atoms with Crippen molar-refractivity contribution < 1.29 is 42.9 Å². The van der Waals surface area contributed by atoms with Crippen LogP contribution in [-0.2, 0) is 42.9 Å². The lowest BCUT2D eigenvalue weighted by atomic mass is 10.1. The summed E-state index contributed by atoms with van der Waals surface area (Å²) in [6, 6.07) is 0. The Hall–Kier alpha value is -2.16. The van der Waals surface area contributed by atoms with Gasteiger partial charge in [0, 0.05) is 27.7 Å². The molecule has 9 heteroatoms. The molecule has 1 aliphatic rings. The van der Waals surface area contributed by atoms with E-state index in [1.54, 1.807) is 0 Å². The molecule has 1 rings (SSSR count). The quantitative estimate of drug-likeness (QED) is 0.498. The molecule has 0 aromatic heterocycles. The second-order valence-corrected chi connectivity index (χ2v) is 4.67. The summed E-state index contributed by atoms with van der Waals surface area (Å²) in [5.41, 5.74) is 0. The Kier molecular flexibility index (Phi) is 5.86. The summed E-state index contributed by atoms with van der Waals surface area (Å²) in [5.74, 6) is -4.58. The van der Waals surface area contributed by atoms with Gasteiger partial charge in [0.1, 0.15) is 0 Å². The van der Waals surface area contributed by atoms with E-state index in [1.807, 2.05) is 0 Å². The van der Waals surface area contributed by atoms with Crippen molar-refractivity contribution in [2.45, 2.75) is 45.7 Å². The van der Waals surface area contributed by atoms with Gasteiger partial charge in [-0.3, -0.25) is 19.2 Å². The molecule has 0 aliphatic carbocycles. The number of carbonyl (C=O) groups excluding carboxylic acids is 4. The summed E-state index contributed by atoms with van der Waals surface area (Å²) < 4.78 is 25.3. The highest BCUT2D eigenvalue weighted by molar-refractivity contribution is 5.69. The van der Waals surface area contributed by atoms with E-state index in [1.165, 1.54) is 6.92 Å². The Labute approximate surface area is 126 Å². The van der Waals surface area contributed by atoms with Crippen molar-refractivity contribution in [1.29, 1.82) is 0 Å². The minimum atomic E-state index is -1.86. The van der Waals surface area contributed by atoms with Gasteiger partial charge in [-0.2, -0.15) is 0 Å². The van der Waals surface area contributed by atoms with Gasteiger partial charge in [-0.25, -0.2) is 0 Å². The van der Waals surface area contributed by atoms with Crippen LogP contribution in [0.15, 0.2) is 0 Å². The van der Waals surface area contributed by atoms with Crippen LogP contribution in [0.4, 0.5) is 0 Å². The number of ether oxygens (including phenoxy) is 5. The van der Waals surface area contributed by atoms with E-state index in [0.29, 0.717) is 0 Å². The van der Waals surface area contributed by atoms with Crippen molar-refractivity contribution in [1.82, 2.24) is 0 Å². The molecule has 0 amide bonds. The van der Waals surface area contributed by atoms with Crippen molar-refractivity contribution in [3.05, 3.63) is 0 Å². The van der Waals surface area contributed by atoms with Crippen LogP contribution in [0.3, 0.4) is 0 Å². The van der Waals surface area contributed by atoms with Crippen LogP contribution >= 0.6 is 0 Å². The normalized spacial score (nSPS) is 26.9. The first kappa shape index (κ1) is 17.9. The lowest BCUT2D eigenvalue weighted by Gasteiger charge is -2.32. The molecule has 0 radical (unpaired) electrons. The number of rotatable bonds is 5. The van der Waals surface area contributed by atoms with Crippen LogP contribution in [-0.4, -0.2) is 55.1 Å². The van der Waals surface area contributed by atoms with Crippen molar-refractivity contribution >= 4 is 23.9 Å². The SMILES string of the molecule is CC(=O)OCC1(OC(C)=O)OCC(OC(C)=O)C1OC(C)=O. The third-order valence-corrected chi connectivity index (χ3v) is 2.67. The zero-order valence-corrected chi connectivity index (χ0v) is 12.7. The second kappa shape index (κ2) is 7.21. The number of esters is 4. The highest BCUT2D eigenvalue weighted by atomic mass is 16.8. The minimum absolute atomic E-state index is 0.188. The monoisotopic (exact) mass is 318 g/mol. The molecule has 9 nitrogen and oxygen atoms in total. The maximum atomic E-state index is 11.3. The Bertz CT molecular complexity index is 472. The van der Waals surface area contributed by atoms with Crippen LogP contribution < -0.4 is 0 Å². The molecule has 3 atom stereocenters. The molecular formula is C13H18O9. The fraction of sp³-hybridized carbons (Fsp3) is 0.692. The van der Waals surface area contributed by atoms with Crippen molar-refractivity contribution in [3.8, 4) is 0 Å². The Morgan fingerprint density at radius 1 is 0.955 bits per heavy atom. The lowest BCUT2D eigenvalue weighted by molar-refractivity contribution is -0.261. The van der Waals surface area contributed by atoms with Crippen LogP contribution in [0.2, 0.25) is 0 Å². The average molecular weight is 318 g/mol. The number of hydrogen-bond donors (Lipinski definition) is 0. The molecule has 0 aromatic carbocycles. The fourth-order valence-corrected chi connectivity index (χ4v) is 2.02. The standard InChI is InChI=1S/C13H18O9/c1-7(14)18-6-13(22-10(4)17)12(21-9(3)16)11(5-19-13)20-8(2)15/h11-12H,5-6H2,1-4H3. The molecule has 0 saturated carbocycles. The smallest absolute Gasteiger partial charge is 0.305 e. The molecule has 0 spiro atoms. The topological polar surface area (TPSA) is 114 Å². The van der Waals surface area contributed by atoms with E-state index in [0.717, 1.165) is 20.8 Å². The van der Waals surface area contributed by atoms with E-state index in [9.17, 15) is 19.2 Å². The molecule has 1 aliphatic heterocycles. The molecule has 0 bridgehead atoms. The van der Waals surface area contributed by atoms with E-state index >= 15 is 0 Å². The van der Waals surface area contributed by atoms with Crippen molar-refractivity contribution in [3.63, 3.8) is 0 Å². The molecule has 1 saturated heterocycles. The zero-order valence-electron chi connectivity index (χ0n) is 12.7. The zero-order chi connectivity index (χ0) is 16.9. The van der Waals surface area contributed by atoms with Gasteiger partial charge in [0.15, 0.2) is 12.7 Å². The van der Waals surface area contributed by atoms with E-state index in [-0.39, 0.29) is 6.61 Å². The number of carbonyl (C=O) groups is 4. The number of hydrogen-bond acceptors (Lipinski definition) is 9. The predicted molar refractivity (Wildman–Crippen MR) is 68.2 cm³/mol. The summed E-state index contributed by atoms with van der Waals surface area (Å²) in [7, 11) is 0. The Morgan fingerprint density at radius 2 is 1.55 bits per heavy atom. The van der Waals surface area contributed by atoms with Crippen molar-refractivity contribution in [2.75, 3.05) is 13.2 Å². The predicted octanol–water partition coefficient (Wildman–Crippen LogP) is -0.297. The molecule has 1 fully saturated rings. The lowest BCUT2D eigenvalue weighted by Crippen LogP contribution is -2.53. The summed E-state index contributed by atoms with van der Waals surface area (Å²) in [6.07, 6.45) is -2.24. The summed E-state index contributed by atoms with van der Waals surface area (Å²) in [6.45, 7) is 3.88. The minimum Gasteiger partial charge on any atom is -0.459 e. The first-order valence-corrected chi connectivity index (χ1v) is 6.47. The van der Waals surface area contributed by atoms with E-state index in [4.69, 9.17) is 23.7 Å². The van der Waals surface area contributed by atoms with Gasteiger partial charge in [0.2, 0.25) is 6.10 Å². The van der Waals surface area contributed by atoms with Crippen molar-refractivity contribution in [2.24, 2.45) is 0 Å². The van der Waals surface area contributed by atoms with Gasteiger partial charge in [0.25, 0.3) is 5.79 Å². The average Bonchev–Trinajstić information content (AvgIpc) is 2.65. The van der Waals surface area contributed by atoms with Gasteiger partial charge >= 0.3 is 23.9 Å².